The average Bonchev–Trinajstić information content (AvgIpc) is 2.20. The minimum Gasteiger partial charge on any atom is -0.385 e. The summed E-state index contributed by atoms with van der Waals surface area (Å²) in [6, 6.07) is 0. The molecule has 0 saturated heterocycles. The lowest BCUT2D eigenvalue weighted by Gasteiger charge is -2.12. The van der Waals surface area contributed by atoms with Crippen LogP contribution in [0.15, 0.2) is 0 Å². The molecule has 0 amide bonds. The Hall–Kier alpha value is -0.120. The molecule has 1 atom stereocenters. The zero-order valence-electron chi connectivity index (χ0n) is 9.75. The Morgan fingerprint density at radius 3 is 2.43 bits per heavy atom. The van der Waals surface area contributed by atoms with Crippen LogP contribution in [0.3, 0.4) is 0 Å². The Bertz CT molecular complexity index is 107. The lowest BCUT2D eigenvalue weighted by molar-refractivity contribution is 0.0351. The van der Waals surface area contributed by atoms with Crippen molar-refractivity contribution in [3.8, 4) is 0 Å². The van der Waals surface area contributed by atoms with E-state index in [-0.39, 0.29) is 0 Å². The molecule has 0 radical (unpaired) electrons. The molecule has 0 bridgehead atoms. The predicted molar refractivity (Wildman–Crippen MR) is 57.6 cm³/mol. The third-order valence-electron chi connectivity index (χ3n) is 2.02. The van der Waals surface area contributed by atoms with E-state index < -0.39 is 0 Å². The molecule has 0 aliphatic carbocycles. The van der Waals surface area contributed by atoms with E-state index >= 15 is 0 Å². The van der Waals surface area contributed by atoms with Crippen LogP contribution in [-0.2, 0) is 14.2 Å². The molecule has 86 valence electrons. The van der Waals surface area contributed by atoms with Crippen LogP contribution in [-0.4, -0.2) is 39.6 Å². The van der Waals surface area contributed by atoms with Gasteiger partial charge >= 0.3 is 0 Å². The van der Waals surface area contributed by atoms with E-state index in [9.17, 15) is 0 Å². The Labute approximate surface area is 87.7 Å². The van der Waals surface area contributed by atoms with E-state index in [2.05, 4.69) is 6.92 Å². The zero-order valence-corrected chi connectivity index (χ0v) is 9.75. The summed E-state index contributed by atoms with van der Waals surface area (Å²) in [6.45, 7) is 7.38. The summed E-state index contributed by atoms with van der Waals surface area (Å²) in [5, 5.41) is 0. The van der Waals surface area contributed by atoms with Crippen molar-refractivity contribution >= 4 is 0 Å². The molecule has 0 aromatic rings. The summed E-state index contributed by atoms with van der Waals surface area (Å²) in [4.78, 5) is 0. The highest BCUT2D eigenvalue weighted by Gasteiger charge is 2.00. The maximum absolute atomic E-state index is 5.59. The largest absolute Gasteiger partial charge is 0.385 e. The minimum atomic E-state index is 0.307. The van der Waals surface area contributed by atoms with Crippen LogP contribution in [0.1, 0.15) is 33.1 Å². The van der Waals surface area contributed by atoms with Gasteiger partial charge in [-0.1, -0.05) is 0 Å². The smallest absolute Gasteiger partial charge is 0.0568 e. The quantitative estimate of drug-likeness (QED) is 0.511. The first-order chi connectivity index (χ1) is 6.81. The third kappa shape index (κ3) is 9.96. The number of rotatable bonds is 10. The molecule has 0 aliphatic heterocycles. The standard InChI is InChI=1S/C11H24O3/c1-4-13-8-5-6-9-14-11(2)7-10-12-3/h11H,4-10H2,1-3H3. The summed E-state index contributed by atoms with van der Waals surface area (Å²) in [5.74, 6) is 0. The number of unbranched alkanes of at least 4 members (excludes halogenated alkanes) is 1. The first-order valence-corrected chi connectivity index (χ1v) is 5.49. The van der Waals surface area contributed by atoms with Gasteiger partial charge in [-0.05, 0) is 33.1 Å². The molecular weight excluding hydrogens is 180 g/mol. The molecule has 1 unspecified atom stereocenters. The van der Waals surface area contributed by atoms with Crippen LogP contribution >= 0.6 is 0 Å². The van der Waals surface area contributed by atoms with Gasteiger partial charge in [0.25, 0.3) is 0 Å². The van der Waals surface area contributed by atoms with Crippen molar-refractivity contribution in [1.29, 1.82) is 0 Å². The second kappa shape index (κ2) is 11.0. The minimum absolute atomic E-state index is 0.307. The van der Waals surface area contributed by atoms with E-state index in [1.54, 1.807) is 7.11 Å². The maximum Gasteiger partial charge on any atom is 0.0568 e. The van der Waals surface area contributed by atoms with Crippen LogP contribution in [0.4, 0.5) is 0 Å². The van der Waals surface area contributed by atoms with Gasteiger partial charge in [0.15, 0.2) is 0 Å². The second-order valence-electron chi connectivity index (χ2n) is 3.37. The number of hydrogen-bond donors (Lipinski definition) is 0. The first kappa shape index (κ1) is 13.9. The highest BCUT2D eigenvalue weighted by molar-refractivity contribution is 4.49. The summed E-state index contributed by atoms with van der Waals surface area (Å²) in [7, 11) is 1.72. The van der Waals surface area contributed by atoms with Crippen molar-refractivity contribution in [3.63, 3.8) is 0 Å². The molecule has 0 rings (SSSR count). The average molecular weight is 204 g/mol. The van der Waals surface area contributed by atoms with E-state index in [1.165, 1.54) is 0 Å². The van der Waals surface area contributed by atoms with Crippen LogP contribution in [0.25, 0.3) is 0 Å². The molecule has 0 fully saturated rings. The summed E-state index contributed by atoms with van der Waals surface area (Å²) < 4.78 is 15.8. The van der Waals surface area contributed by atoms with Gasteiger partial charge in [-0.15, -0.1) is 0 Å². The van der Waals surface area contributed by atoms with Crippen molar-refractivity contribution in [2.45, 2.75) is 39.2 Å². The number of ether oxygens (including phenoxy) is 3. The van der Waals surface area contributed by atoms with Crippen molar-refractivity contribution in [2.75, 3.05) is 33.5 Å². The van der Waals surface area contributed by atoms with E-state index in [0.717, 1.165) is 45.7 Å². The fourth-order valence-corrected chi connectivity index (χ4v) is 1.10. The Morgan fingerprint density at radius 1 is 1.07 bits per heavy atom. The highest BCUT2D eigenvalue weighted by Crippen LogP contribution is 2.00. The Balaban J connectivity index is 3.02. The maximum atomic E-state index is 5.59. The zero-order chi connectivity index (χ0) is 10.6. The van der Waals surface area contributed by atoms with Gasteiger partial charge in [0.1, 0.15) is 0 Å². The van der Waals surface area contributed by atoms with Gasteiger partial charge in [-0.2, -0.15) is 0 Å². The first-order valence-electron chi connectivity index (χ1n) is 5.49. The lowest BCUT2D eigenvalue weighted by Crippen LogP contribution is -2.12. The topological polar surface area (TPSA) is 27.7 Å². The third-order valence-corrected chi connectivity index (χ3v) is 2.02. The number of methoxy groups -OCH3 is 1. The highest BCUT2D eigenvalue weighted by atomic mass is 16.5. The van der Waals surface area contributed by atoms with Crippen molar-refractivity contribution in [2.24, 2.45) is 0 Å². The Kier molecular flexibility index (Phi) is 10.9. The predicted octanol–water partition coefficient (Wildman–Crippen LogP) is 2.24. The Morgan fingerprint density at radius 2 is 1.79 bits per heavy atom. The summed E-state index contributed by atoms with van der Waals surface area (Å²) in [5.41, 5.74) is 0. The molecule has 0 aliphatic rings. The SMILES string of the molecule is CCOCCCCOC(C)CCOC. The van der Waals surface area contributed by atoms with Crippen molar-refractivity contribution in [3.05, 3.63) is 0 Å². The second-order valence-corrected chi connectivity index (χ2v) is 3.37. The fourth-order valence-electron chi connectivity index (χ4n) is 1.10. The van der Waals surface area contributed by atoms with E-state index in [0.29, 0.717) is 6.10 Å². The van der Waals surface area contributed by atoms with Crippen molar-refractivity contribution < 1.29 is 14.2 Å². The van der Waals surface area contributed by atoms with Gasteiger partial charge in [0, 0.05) is 33.5 Å². The normalized spacial score (nSPS) is 13.1. The lowest BCUT2D eigenvalue weighted by atomic mass is 10.3. The van der Waals surface area contributed by atoms with E-state index in [1.807, 2.05) is 6.92 Å². The molecule has 0 heterocycles. The van der Waals surface area contributed by atoms with Gasteiger partial charge in [0.2, 0.25) is 0 Å². The molecule has 0 aromatic heterocycles. The van der Waals surface area contributed by atoms with Gasteiger partial charge < -0.3 is 14.2 Å². The monoisotopic (exact) mass is 204 g/mol. The molecule has 14 heavy (non-hydrogen) atoms. The molecule has 0 saturated carbocycles. The molecule has 0 aromatic carbocycles. The van der Waals surface area contributed by atoms with Crippen LogP contribution < -0.4 is 0 Å². The molecule has 3 nitrogen and oxygen atoms in total. The summed E-state index contributed by atoms with van der Waals surface area (Å²) >= 11 is 0. The van der Waals surface area contributed by atoms with Gasteiger partial charge in [0.05, 0.1) is 6.10 Å². The number of hydrogen-bond acceptors (Lipinski definition) is 3. The van der Waals surface area contributed by atoms with Crippen LogP contribution in [0, 0.1) is 0 Å². The van der Waals surface area contributed by atoms with Crippen LogP contribution in [0.2, 0.25) is 0 Å². The van der Waals surface area contributed by atoms with E-state index in [4.69, 9.17) is 14.2 Å². The molecular formula is C11H24O3. The molecule has 0 spiro atoms. The van der Waals surface area contributed by atoms with Gasteiger partial charge in [-0.3, -0.25) is 0 Å². The molecule has 0 N–H and O–H groups in total. The van der Waals surface area contributed by atoms with Gasteiger partial charge in [-0.25, -0.2) is 0 Å². The molecule has 3 heteroatoms. The summed E-state index contributed by atoms with van der Waals surface area (Å²) in [6.07, 6.45) is 3.45. The van der Waals surface area contributed by atoms with Crippen molar-refractivity contribution in [1.82, 2.24) is 0 Å². The fraction of sp³-hybridized carbons (Fsp3) is 1.00. The van der Waals surface area contributed by atoms with Crippen LogP contribution in [0.5, 0.6) is 0 Å².